The molecule has 5 nitrogen and oxygen atoms in total. The highest BCUT2D eigenvalue weighted by Gasteiger charge is 2.29. The van der Waals surface area contributed by atoms with Gasteiger partial charge in [0.05, 0.1) is 13.2 Å². The topological polar surface area (TPSA) is 62.4 Å². The van der Waals surface area contributed by atoms with E-state index in [4.69, 9.17) is 9.63 Å². The lowest BCUT2D eigenvalue weighted by Crippen LogP contribution is -2.29. The fourth-order valence-corrected chi connectivity index (χ4v) is 2.16. The van der Waals surface area contributed by atoms with Gasteiger partial charge in [-0.3, -0.25) is 4.90 Å². The Balaban J connectivity index is 1.70. The molecule has 1 aromatic carbocycles. The molecule has 0 unspecified atom stereocenters. The maximum Gasteiger partial charge on any atom is 0.257 e. The molecule has 0 radical (unpaired) electrons. The molecule has 1 aromatic heterocycles. The summed E-state index contributed by atoms with van der Waals surface area (Å²) in [4.78, 5) is 6.62. The van der Waals surface area contributed by atoms with Crippen molar-refractivity contribution in [3.63, 3.8) is 0 Å². The number of aliphatic hydroxyl groups is 1. The minimum Gasteiger partial charge on any atom is -0.395 e. The number of nitrogens with zero attached hydrogens (tertiary/aromatic N) is 3. The van der Waals surface area contributed by atoms with Gasteiger partial charge in [0.1, 0.15) is 0 Å². The highest BCUT2D eigenvalue weighted by atomic mass is 16.5. The number of benzene rings is 1. The third-order valence-corrected chi connectivity index (χ3v) is 3.28. The summed E-state index contributed by atoms with van der Waals surface area (Å²) in [6.45, 7) is 1.47. The van der Waals surface area contributed by atoms with E-state index < -0.39 is 0 Å². The van der Waals surface area contributed by atoms with Crippen LogP contribution in [0.5, 0.6) is 0 Å². The Bertz CT molecular complexity index is 522. The van der Waals surface area contributed by atoms with Crippen molar-refractivity contribution < 1.29 is 9.63 Å². The molecule has 100 valence electrons. The summed E-state index contributed by atoms with van der Waals surface area (Å²) in [6, 6.07) is 10.3. The average Bonchev–Trinajstić information content (AvgIpc) is 3.19. The molecule has 0 atom stereocenters. The second kappa shape index (κ2) is 5.50. The van der Waals surface area contributed by atoms with Gasteiger partial charge >= 0.3 is 0 Å². The van der Waals surface area contributed by atoms with Gasteiger partial charge in [-0.2, -0.15) is 4.98 Å². The van der Waals surface area contributed by atoms with E-state index >= 15 is 0 Å². The summed E-state index contributed by atoms with van der Waals surface area (Å²) in [5, 5.41) is 13.1. The van der Waals surface area contributed by atoms with Crippen LogP contribution in [0, 0.1) is 0 Å². The predicted octanol–water partition coefficient (Wildman–Crippen LogP) is 1.69. The fraction of sp³-hybridized carbons (Fsp3) is 0.429. The van der Waals surface area contributed by atoms with Crippen molar-refractivity contribution in [2.45, 2.75) is 25.4 Å². The van der Waals surface area contributed by atoms with E-state index in [1.54, 1.807) is 0 Å². The molecule has 1 aliphatic rings. The van der Waals surface area contributed by atoms with Gasteiger partial charge in [0.2, 0.25) is 0 Å². The van der Waals surface area contributed by atoms with Crippen LogP contribution in [0.1, 0.15) is 18.7 Å². The summed E-state index contributed by atoms with van der Waals surface area (Å²) in [6.07, 6.45) is 2.40. The van der Waals surface area contributed by atoms with Gasteiger partial charge in [-0.1, -0.05) is 23.4 Å². The molecule has 1 heterocycles. The molecule has 0 amide bonds. The Morgan fingerprint density at radius 2 is 2.05 bits per heavy atom. The number of rotatable bonds is 6. The third-order valence-electron chi connectivity index (χ3n) is 3.28. The Morgan fingerprint density at radius 1 is 1.26 bits per heavy atom. The Hall–Kier alpha value is -1.72. The number of hydrogen-bond donors (Lipinski definition) is 1. The number of aliphatic hydroxyl groups excluding tert-OH is 1. The van der Waals surface area contributed by atoms with Crippen LogP contribution in [0.15, 0.2) is 34.9 Å². The van der Waals surface area contributed by atoms with Crippen LogP contribution in [0.3, 0.4) is 0 Å². The molecule has 1 N–H and O–H groups in total. The molecule has 0 aliphatic heterocycles. The summed E-state index contributed by atoms with van der Waals surface area (Å²) >= 11 is 0. The minimum atomic E-state index is 0.167. The van der Waals surface area contributed by atoms with Gasteiger partial charge in [-0.25, -0.2) is 0 Å². The molecule has 1 aliphatic carbocycles. The average molecular weight is 259 g/mol. The van der Waals surface area contributed by atoms with Crippen molar-refractivity contribution in [1.82, 2.24) is 15.0 Å². The van der Waals surface area contributed by atoms with E-state index in [1.165, 1.54) is 12.8 Å². The molecule has 2 aromatic rings. The predicted molar refractivity (Wildman–Crippen MR) is 70.3 cm³/mol. The minimum absolute atomic E-state index is 0.167. The van der Waals surface area contributed by atoms with Crippen molar-refractivity contribution in [2.24, 2.45) is 0 Å². The molecule has 0 bridgehead atoms. The first-order valence-electron chi connectivity index (χ1n) is 6.60. The monoisotopic (exact) mass is 259 g/mol. The molecule has 1 saturated carbocycles. The van der Waals surface area contributed by atoms with E-state index in [0.29, 0.717) is 30.8 Å². The second-order valence-corrected chi connectivity index (χ2v) is 4.81. The highest BCUT2D eigenvalue weighted by molar-refractivity contribution is 5.51. The Labute approximate surface area is 111 Å². The van der Waals surface area contributed by atoms with Gasteiger partial charge in [0.25, 0.3) is 5.89 Å². The second-order valence-electron chi connectivity index (χ2n) is 4.81. The molecule has 3 rings (SSSR count). The zero-order valence-electron chi connectivity index (χ0n) is 10.7. The van der Waals surface area contributed by atoms with Crippen LogP contribution < -0.4 is 0 Å². The molecule has 1 fully saturated rings. The normalized spacial score (nSPS) is 15.1. The quantitative estimate of drug-likeness (QED) is 0.855. The Morgan fingerprint density at radius 3 is 2.74 bits per heavy atom. The molecule has 0 saturated heterocycles. The van der Waals surface area contributed by atoms with Crippen LogP contribution in [-0.2, 0) is 6.54 Å². The van der Waals surface area contributed by atoms with Crippen LogP contribution >= 0.6 is 0 Å². The number of hydrogen-bond acceptors (Lipinski definition) is 5. The van der Waals surface area contributed by atoms with Crippen molar-refractivity contribution in [1.29, 1.82) is 0 Å². The first-order valence-corrected chi connectivity index (χ1v) is 6.60. The number of aromatic nitrogens is 2. The lowest BCUT2D eigenvalue weighted by Gasteiger charge is -2.18. The van der Waals surface area contributed by atoms with Crippen LogP contribution in [0.4, 0.5) is 0 Å². The lowest BCUT2D eigenvalue weighted by molar-refractivity contribution is 0.179. The first kappa shape index (κ1) is 12.3. The van der Waals surface area contributed by atoms with Crippen LogP contribution in [0.2, 0.25) is 0 Å². The van der Waals surface area contributed by atoms with Crippen molar-refractivity contribution in [2.75, 3.05) is 13.2 Å². The molecular formula is C14H17N3O2. The van der Waals surface area contributed by atoms with Crippen LogP contribution in [-0.4, -0.2) is 39.3 Å². The highest BCUT2D eigenvalue weighted by Crippen LogP contribution is 2.27. The van der Waals surface area contributed by atoms with E-state index in [1.807, 2.05) is 30.3 Å². The van der Waals surface area contributed by atoms with Crippen LogP contribution in [0.25, 0.3) is 11.5 Å². The van der Waals surface area contributed by atoms with E-state index in [0.717, 1.165) is 5.56 Å². The zero-order valence-corrected chi connectivity index (χ0v) is 10.7. The van der Waals surface area contributed by atoms with E-state index in [2.05, 4.69) is 15.0 Å². The summed E-state index contributed by atoms with van der Waals surface area (Å²) < 4.78 is 5.28. The third kappa shape index (κ3) is 3.00. The SMILES string of the molecule is OCCN(Cc1noc(-c2ccccc2)n1)C1CC1. The molecular weight excluding hydrogens is 242 g/mol. The molecule has 0 spiro atoms. The van der Waals surface area contributed by atoms with E-state index in [-0.39, 0.29) is 6.61 Å². The van der Waals surface area contributed by atoms with Gasteiger partial charge in [-0.05, 0) is 25.0 Å². The zero-order chi connectivity index (χ0) is 13.1. The van der Waals surface area contributed by atoms with Crippen molar-refractivity contribution in [3.8, 4) is 11.5 Å². The summed E-state index contributed by atoms with van der Waals surface area (Å²) in [5.74, 6) is 1.23. The fourth-order valence-electron chi connectivity index (χ4n) is 2.16. The first-order chi connectivity index (χ1) is 9.36. The van der Waals surface area contributed by atoms with Crippen molar-refractivity contribution in [3.05, 3.63) is 36.2 Å². The van der Waals surface area contributed by atoms with Gasteiger partial charge < -0.3 is 9.63 Å². The van der Waals surface area contributed by atoms with Gasteiger partial charge in [0.15, 0.2) is 5.82 Å². The van der Waals surface area contributed by atoms with Gasteiger partial charge in [0, 0.05) is 18.2 Å². The van der Waals surface area contributed by atoms with E-state index in [9.17, 15) is 0 Å². The lowest BCUT2D eigenvalue weighted by atomic mass is 10.2. The standard InChI is InChI=1S/C14H17N3O2/c18-9-8-17(12-6-7-12)10-13-15-14(19-16-13)11-4-2-1-3-5-11/h1-5,12,18H,6-10H2. The largest absolute Gasteiger partial charge is 0.395 e. The maximum absolute atomic E-state index is 9.07. The summed E-state index contributed by atoms with van der Waals surface area (Å²) in [5.41, 5.74) is 0.932. The maximum atomic E-state index is 9.07. The summed E-state index contributed by atoms with van der Waals surface area (Å²) in [7, 11) is 0. The smallest absolute Gasteiger partial charge is 0.257 e. The van der Waals surface area contributed by atoms with Gasteiger partial charge in [-0.15, -0.1) is 0 Å². The Kier molecular flexibility index (Phi) is 3.57. The molecule has 19 heavy (non-hydrogen) atoms. The molecule has 5 heteroatoms. The van der Waals surface area contributed by atoms with Crippen molar-refractivity contribution >= 4 is 0 Å².